The highest BCUT2D eigenvalue weighted by atomic mass is 16.4. The van der Waals surface area contributed by atoms with Crippen molar-refractivity contribution in [2.45, 2.75) is 32.2 Å². The largest absolute Gasteiger partial charge is 0.478 e. The minimum atomic E-state index is -0.948. The lowest BCUT2D eigenvalue weighted by atomic mass is 9.98. The second kappa shape index (κ2) is 5.40. The number of amides is 1. The molecule has 1 amide bonds. The Hall–Kier alpha value is -1.88. The van der Waals surface area contributed by atoms with E-state index in [9.17, 15) is 9.59 Å². The van der Waals surface area contributed by atoms with Gasteiger partial charge < -0.3 is 15.7 Å². The number of aryl methyl sites for hydroxylation is 1. The molecule has 1 aromatic carbocycles. The van der Waals surface area contributed by atoms with E-state index < -0.39 is 12.0 Å². The van der Waals surface area contributed by atoms with Gasteiger partial charge in [-0.25, -0.2) is 4.79 Å². The van der Waals surface area contributed by atoms with E-state index in [2.05, 4.69) is 0 Å². The summed E-state index contributed by atoms with van der Waals surface area (Å²) in [7, 11) is 0. The standard InChI is InChI=1S/C14H18N2O3/c1-2-11(15)13(17)16-7-3-4-9-8-10(14(18)19)5-6-12(9)16/h5-6,8,11H,2-4,7,15H2,1H3,(H,18,19). The summed E-state index contributed by atoms with van der Waals surface area (Å²) in [4.78, 5) is 24.8. The van der Waals surface area contributed by atoms with Crippen molar-refractivity contribution in [2.75, 3.05) is 11.4 Å². The van der Waals surface area contributed by atoms with E-state index >= 15 is 0 Å². The minimum Gasteiger partial charge on any atom is -0.478 e. The lowest BCUT2D eigenvalue weighted by Gasteiger charge is -2.31. The maximum atomic E-state index is 12.2. The summed E-state index contributed by atoms with van der Waals surface area (Å²) in [5, 5.41) is 8.99. The summed E-state index contributed by atoms with van der Waals surface area (Å²) in [5.74, 6) is -1.04. The fourth-order valence-corrected chi connectivity index (χ4v) is 2.33. The van der Waals surface area contributed by atoms with E-state index in [0.717, 1.165) is 24.1 Å². The Morgan fingerprint density at radius 3 is 2.84 bits per heavy atom. The second-order valence-electron chi connectivity index (χ2n) is 4.76. The molecule has 5 nitrogen and oxygen atoms in total. The van der Waals surface area contributed by atoms with Crippen LogP contribution in [0.2, 0.25) is 0 Å². The molecule has 1 aliphatic rings. The molecule has 1 atom stereocenters. The Bertz CT molecular complexity index is 513. The van der Waals surface area contributed by atoms with E-state index in [1.807, 2.05) is 6.92 Å². The second-order valence-corrected chi connectivity index (χ2v) is 4.76. The number of benzene rings is 1. The maximum absolute atomic E-state index is 12.2. The van der Waals surface area contributed by atoms with E-state index in [1.54, 1.807) is 17.0 Å². The molecule has 0 saturated heterocycles. The smallest absolute Gasteiger partial charge is 0.335 e. The highest BCUT2D eigenvalue weighted by Gasteiger charge is 2.26. The third kappa shape index (κ3) is 2.61. The molecular formula is C14H18N2O3. The number of fused-ring (bicyclic) bond motifs is 1. The average molecular weight is 262 g/mol. The van der Waals surface area contributed by atoms with Crippen LogP contribution < -0.4 is 10.6 Å². The van der Waals surface area contributed by atoms with Crippen LogP contribution in [-0.4, -0.2) is 29.6 Å². The molecule has 0 aromatic heterocycles. The van der Waals surface area contributed by atoms with Crippen molar-refractivity contribution in [1.29, 1.82) is 0 Å². The lowest BCUT2D eigenvalue weighted by molar-refractivity contribution is -0.120. The Kier molecular flexibility index (Phi) is 3.85. The first kappa shape index (κ1) is 13.5. The molecule has 102 valence electrons. The number of hydrogen-bond donors (Lipinski definition) is 2. The third-order valence-corrected chi connectivity index (χ3v) is 3.47. The number of carboxylic acid groups (broad SMARTS) is 1. The van der Waals surface area contributed by atoms with Gasteiger partial charge in [-0.3, -0.25) is 4.79 Å². The van der Waals surface area contributed by atoms with Gasteiger partial charge in [0.15, 0.2) is 0 Å². The molecule has 0 spiro atoms. The summed E-state index contributed by atoms with van der Waals surface area (Å²) >= 11 is 0. The van der Waals surface area contributed by atoms with Crippen molar-refractivity contribution in [2.24, 2.45) is 5.73 Å². The lowest BCUT2D eigenvalue weighted by Crippen LogP contribution is -2.45. The molecule has 1 aliphatic heterocycles. The number of anilines is 1. The summed E-state index contributed by atoms with van der Waals surface area (Å²) in [5.41, 5.74) is 7.76. The van der Waals surface area contributed by atoms with Crippen molar-refractivity contribution in [3.05, 3.63) is 29.3 Å². The zero-order valence-corrected chi connectivity index (χ0v) is 10.9. The van der Waals surface area contributed by atoms with Crippen LogP contribution in [0.1, 0.15) is 35.7 Å². The van der Waals surface area contributed by atoms with Gasteiger partial charge in [-0.15, -0.1) is 0 Å². The number of carbonyl (C=O) groups excluding carboxylic acids is 1. The van der Waals surface area contributed by atoms with Gasteiger partial charge in [0, 0.05) is 12.2 Å². The fraction of sp³-hybridized carbons (Fsp3) is 0.429. The van der Waals surface area contributed by atoms with Gasteiger partial charge in [-0.2, -0.15) is 0 Å². The number of carboxylic acids is 1. The van der Waals surface area contributed by atoms with Gasteiger partial charge >= 0.3 is 5.97 Å². The molecule has 1 unspecified atom stereocenters. The molecular weight excluding hydrogens is 244 g/mol. The van der Waals surface area contributed by atoms with Crippen LogP contribution in [0.3, 0.4) is 0 Å². The molecule has 0 saturated carbocycles. The molecule has 1 aromatic rings. The fourth-order valence-electron chi connectivity index (χ4n) is 2.33. The van der Waals surface area contributed by atoms with E-state index in [1.165, 1.54) is 6.07 Å². The van der Waals surface area contributed by atoms with Crippen molar-refractivity contribution < 1.29 is 14.7 Å². The molecule has 2 rings (SSSR count). The maximum Gasteiger partial charge on any atom is 0.335 e. The number of hydrogen-bond acceptors (Lipinski definition) is 3. The van der Waals surface area contributed by atoms with Crippen LogP contribution in [0.5, 0.6) is 0 Å². The molecule has 0 bridgehead atoms. The molecule has 0 fully saturated rings. The third-order valence-electron chi connectivity index (χ3n) is 3.47. The molecule has 3 N–H and O–H groups in total. The van der Waals surface area contributed by atoms with Gasteiger partial charge in [0.05, 0.1) is 11.6 Å². The Morgan fingerprint density at radius 1 is 1.47 bits per heavy atom. The minimum absolute atomic E-state index is 0.0912. The predicted molar refractivity (Wildman–Crippen MR) is 72.3 cm³/mol. The highest BCUT2D eigenvalue weighted by Crippen LogP contribution is 2.28. The van der Waals surface area contributed by atoms with E-state index in [0.29, 0.717) is 13.0 Å². The first-order chi connectivity index (χ1) is 9.04. The van der Waals surface area contributed by atoms with Gasteiger partial charge in [-0.05, 0) is 43.0 Å². The quantitative estimate of drug-likeness (QED) is 0.862. The zero-order chi connectivity index (χ0) is 14.0. The van der Waals surface area contributed by atoms with Gasteiger partial charge in [0.1, 0.15) is 0 Å². The topological polar surface area (TPSA) is 83.6 Å². The number of nitrogens with zero attached hydrogens (tertiary/aromatic N) is 1. The highest BCUT2D eigenvalue weighted by molar-refractivity contribution is 5.98. The van der Waals surface area contributed by atoms with Crippen LogP contribution in [0.4, 0.5) is 5.69 Å². The predicted octanol–water partition coefficient (Wildman–Crippen LogP) is 1.40. The summed E-state index contributed by atoms with van der Waals surface area (Å²) in [6.07, 6.45) is 2.22. The SMILES string of the molecule is CCC(N)C(=O)N1CCCc2cc(C(=O)O)ccc21. The molecule has 1 heterocycles. The first-order valence-electron chi connectivity index (χ1n) is 6.47. The normalized spacial score (nSPS) is 15.8. The van der Waals surface area contributed by atoms with E-state index in [4.69, 9.17) is 10.8 Å². The van der Waals surface area contributed by atoms with Gasteiger partial charge in [-0.1, -0.05) is 6.92 Å². The van der Waals surface area contributed by atoms with Crippen LogP contribution in [-0.2, 0) is 11.2 Å². The van der Waals surface area contributed by atoms with Crippen molar-refractivity contribution in [3.8, 4) is 0 Å². The van der Waals surface area contributed by atoms with Gasteiger partial charge in [0.25, 0.3) is 0 Å². The summed E-state index contributed by atoms with van der Waals surface area (Å²) in [6, 6.07) is 4.39. The Morgan fingerprint density at radius 2 is 2.21 bits per heavy atom. The number of aromatic carboxylic acids is 1. The summed E-state index contributed by atoms with van der Waals surface area (Å²) in [6.45, 7) is 2.52. The van der Waals surface area contributed by atoms with Crippen LogP contribution in [0, 0.1) is 0 Å². The zero-order valence-electron chi connectivity index (χ0n) is 10.9. The van der Waals surface area contributed by atoms with E-state index in [-0.39, 0.29) is 11.5 Å². The van der Waals surface area contributed by atoms with Crippen LogP contribution in [0.15, 0.2) is 18.2 Å². The number of carbonyl (C=O) groups is 2. The monoisotopic (exact) mass is 262 g/mol. The number of rotatable bonds is 3. The number of nitrogens with two attached hydrogens (primary N) is 1. The first-order valence-corrected chi connectivity index (χ1v) is 6.47. The molecule has 0 radical (unpaired) electrons. The van der Waals surface area contributed by atoms with Crippen molar-refractivity contribution in [3.63, 3.8) is 0 Å². The van der Waals surface area contributed by atoms with Gasteiger partial charge in [0.2, 0.25) is 5.91 Å². The van der Waals surface area contributed by atoms with Crippen molar-refractivity contribution >= 4 is 17.6 Å². The van der Waals surface area contributed by atoms with Crippen LogP contribution >= 0.6 is 0 Å². The van der Waals surface area contributed by atoms with Crippen molar-refractivity contribution in [1.82, 2.24) is 0 Å². The molecule has 0 aliphatic carbocycles. The molecule has 19 heavy (non-hydrogen) atoms. The summed E-state index contributed by atoms with van der Waals surface area (Å²) < 4.78 is 0. The Balaban J connectivity index is 2.34. The molecule has 5 heteroatoms. The van der Waals surface area contributed by atoms with Crippen LogP contribution in [0.25, 0.3) is 0 Å². The Labute approximate surface area is 112 Å². The average Bonchev–Trinajstić information content (AvgIpc) is 2.44.